The molecular weight excluding hydrogens is 194 g/mol. The van der Waals surface area contributed by atoms with Gasteiger partial charge in [-0.1, -0.05) is 5.92 Å². The lowest BCUT2D eigenvalue weighted by Gasteiger charge is -2.04. The maximum absolute atomic E-state index is 11.4. The van der Waals surface area contributed by atoms with Crippen molar-refractivity contribution in [1.29, 1.82) is 0 Å². The Morgan fingerprint density at radius 1 is 1.47 bits per heavy atom. The molecule has 0 atom stereocenters. The number of amides is 1. The minimum Gasteiger partial charge on any atom is -0.508 e. The van der Waals surface area contributed by atoms with E-state index in [1.165, 1.54) is 18.2 Å². The van der Waals surface area contributed by atoms with Crippen LogP contribution in [0, 0.1) is 11.8 Å². The third-order valence-electron chi connectivity index (χ3n) is 1.74. The number of rotatable bonds is 2. The maximum atomic E-state index is 11.4. The van der Waals surface area contributed by atoms with Gasteiger partial charge in [0, 0.05) is 0 Å². The third kappa shape index (κ3) is 2.92. The quantitative estimate of drug-likeness (QED) is 0.495. The normalized spacial score (nSPS) is 8.87. The lowest BCUT2D eigenvalue weighted by molar-refractivity contribution is 0.0955. The Bertz CT molecular complexity index is 429. The molecule has 1 rings (SSSR count). The van der Waals surface area contributed by atoms with Gasteiger partial charge in [0.15, 0.2) is 0 Å². The predicted octanol–water partition coefficient (Wildman–Crippen LogP) is 0.851. The number of phenolic OH excluding ortho intramolecular Hbond substituents is 2. The van der Waals surface area contributed by atoms with Crippen molar-refractivity contribution in [1.82, 2.24) is 5.32 Å². The molecule has 0 aliphatic carbocycles. The predicted molar refractivity (Wildman–Crippen MR) is 55.6 cm³/mol. The number of nitrogens with one attached hydrogen (secondary N) is 1. The van der Waals surface area contributed by atoms with Gasteiger partial charge in [-0.15, -0.1) is 5.92 Å². The average molecular weight is 205 g/mol. The van der Waals surface area contributed by atoms with E-state index >= 15 is 0 Å². The number of hydrogen-bond donors (Lipinski definition) is 3. The molecule has 0 radical (unpaired) electrons. The summed E-state index contributed by atoms with van der Waals surface area (Å²) in [5.41, 5.74) is 0.0351. The van der Waals surface area contributed by atoms with Crippen molar-refractivity contribution in [3.63, 3.8) is 0 Å². The number of carbonyl (C=O) groups is 1. The van der Waals surface area contributed by atoms with Gasteiger partial charge in [0.05, 0.1) is 12.1 Å². The van der Waals surface area contributed by atoms with Gasteiger partial charge in [-0.3, -0.25) is 4.79 Å². The summed E-state index contributed by atoms with van der Waals surface area (Å²) in [6.45, 7) is 1.88. The molecule has 0 spiro atoms. The molecule has 78 valence electrons. The zero-order valence-electron chi connectivity index (χ0n) is 8.24. The summed E-state index contributed by atoms with van der Waals surface area (Å²) < 4.78 is 0. The van der Waals surface area contributed by atoms with Gasteiger partial charge in [0.1, 0.15) is 11.5 Å². The second kappa shape index (κ2) is 4.91. The highest BCUT2D eigenvalue weighted by molar-refractivity contribution is 5.97. The lowest BCUT2D eigenvalue weighted by atomic mass is 10.2. The number of benzene rings is 1. The minimum atomic E-state index is -0.467. The van der Waals surface area contributed by atoms with Crippen LogP contribution in [-0.4, -0.2) is 22.7 Å². The minimum absolute atomic E-state index is 0.0351. The summed E-state index contributed by atoms with van der Waals surface area (Å²) >= 11 is 0. The van der Waals surface area contributed by atoms with E-state index in [1.54, 1.807) is 6.92 Å². The van der Waals surface area contributed by atoms with Crippen molar-refractivity contribution in [3.05, 3.63) is 23.8 Å². The molecule has 0 saturated heterocycles. The van der Waals surface area contributed by atoms with E-state index in [9.17, 15) is 9.90 Å². The monoisotopic (exact) mass is 205 g/mol. The van der Waals surface area contributed by atoms with Crippen molar-refractivity contribution in [2.24, 2.45) is 0 Å². The summed E-state index contributed by atoms with van der Waals surface area (Å²) in [4.78, 5) is 11.4. The molecule has 1 aromatic carbocycles. The highest BCUT2D eigenvalue weighted by Gasteiger charge is 2.10. The second-order valence-electron chi connectivity index (χ2n) is 2.81. The van der Waals surface area contributed by atoms with Crippen molar-refractivity contribution >= 4 is 5.91 Å². The van der Waals surface area contributed by atoms with Crippen LogP contribution in [0.4, 0.5) is 0 Å². The smallest absolute Gasteiger partial charge is 0.255 e. The first-order valence-electron chi connectivity index (χ1n) is 4.35. The molecule has 0 aliphatic rings. The summed E-state index contributed by atoms with van der Waals surface area (Å²) in [5.74, 6) is 4.57. The molecule has 4 heteroatoms. The summed E-state index contributed by atoms with van der Waals surface area (Å²) in [6.07, 6.45) is 0. The van der Waals surface area contributed by atoms with Crippen LogP contribution in [0.2, 0.25) is 0 Å². The number of hydrogen-bond acceptors (Lipinski definition) is 3. The zero-order valence-corrected chi connectivity index (χ0v) is 8.24. The van der Waals surface area contributed by atoms with E-state index in [0.29, 0.717) is 0 Å². The lowest BCUT2D eigenvalue weighted by Crippen LogP contribution is -2.23. The van der Waals surface area contributed by atoms with Gasteiger partial charge < -0.3 is 15.5 Å². The van der Waals surface area contributed by atoms with Gasteiger partial charge in [-0.05, 0) is 25.1 Å². The molecule has 0 heterocycles. The van der Waals surface area contributed by atoms with Crippen molar-refractivity contribution < 1.29 is 15.0 Å². The summed E-state index contributed by atoms with van der Waals surface area (Å²) in [6, 6.07) is 3.76. The molecule has 0 fully saturated rings. The van der Waals surface area contributed by atoms with E-state index in [-0.39, 0.29) is 23.6 Å². The van der Waals surface area contributed by atoms with Crippen LogP contribution in [0.3, 0.4) is 0 Å². The van der Waals surface area contributed by atoms with Gasteiger partial charge in [0.2, 0.25) is 0 Å². The highest BCUT2D eigenvalue weighted by atomic mass is 16.3. The molecular formula is C11H11NO3. The molecule has 4 nitrogen and oxygen atoms in total. The first-order valence-corrected chi connectivity index (χ1v) is 4.35. The van der Waals surface area contributed by atoms with Crippen LogP contribution in [0.5, 0.6) is 11.5 Å². The van der Waals surface area contributed by atoms with Crippen LogP contribution >= 0.6 is 0 Å². The van der Waals surface area contributed by atoms with Crippen molar-refractivity contribution in [2.45, 2.75) is 6.92 Å². The Kier molecular flexibility index (Phi) is 3.58. The first kappa shape index (κ1) is 10.9. The Hall–Kier alpha value is -2.15. The fourth-order valence-electron chi connectivity index (χ4n) is 1.01. The number of phenols is 2. The van der Waals surface area contributed by atoms with Crippen LogP contribution in [0.1, 0.15) is 17.3 Å². The largest absolute Gasteiger partial charge is 0.508 e. The van der Waals surface area contributed by atoms with Gasteiger partial charge >= 0.3 is 0 Å². The van der Waals surface area contributed by atoms with Crippen LogP contribution in [0.15, 0.2) is 18.2 Å². The van der Waals surface area contributed by atoms with Crippen LogP contribution in [0.25, 0.3) is 0 Å². The molecule has 3 N–H and O–H groups in total. The van der Waals surface area contributed by atoms with Crippen molar-refractivity contribution in [2.75, 3.05) is 6.54 Å². The van der Waals surface area contributed by atoms with Gasteiger partial charge in [-0.2, -0.15) is 0 Å². The maximum Gasteiger partial charge on any atom is 0.255 e. The Morgan fingerprint density at radius 3 is 2.87 bits per heavy atom. The van der Waals surface area contributed by atoms with E-state index in [0.717, 1.165) is 0 Å². The fraction of sp³-hybridized carbons (Fsp3) is 0.182. The van der Waals surface area contributed by atoms with E-state index < -0.39 is 5.91 Å². The highest BCUT2D eigenvalue weighted by Crippen LogP contribution is 2.21. The molecule has 1 aromatic rings. The first-order chi connectivity index (χ1) is 7.15. The zero-order chi connectivity index (χ0) is 11.3. The van der Waals surface area contributed by atoms with Gasteiger partial charge in [0.25, 0.3) is 5.91 Å². The molecule has 0 aromatic heterocycles. The Balaban J connectivity index is 2.80. The third-order valence-corrected chi connectivity index (χ3v) is 1.74. The Labute approximate surface area is 87.6 Å². The molecule has 15 heavy (non-hydrogen) atoms. The fourth-order valence-corrected chi connectivity index (χ4v) is 1.01. The second-order valence-corrected chi connectivity index (χ2v) is 2.81. The standard InChI is InChI=1S/C11H11NO3/c1-2-3-6-12-11(15)9-7-8(13)4-5-10(9)14/h4-5,7,13-14H,6H2,1H3,(H,12,15). The molecule has 0 aliphatic heterocycles. The SMILES string of the molecule is CC#CCNC(=O)c1cc(O)ccc1O. The molecule has 0 bridgehead atoms. The summed E-state index contributed by atoms with van der Waals surface area (Å²) in [5, 5.41) is 21.0. The average Bonchev–Trinajstić information content (AvgIpc) is 2.22. The van der Waals surface area contributed by atoms with Crippen LogP contribution < -0.4 is 5.32 Å². The molecule has 0 unspecified atom stereocenters. The van der Waals surface area contributed by atoms with Crippen molar-refractivity contribution in [3.8, 4) is 23.3 Å². The van der Waals surface area contributed by atoms with Crippen LogP contribution in [-0.2, 0) is 0 Å². The Morgan fingerprint density at radius 2 is 2.20 bits per heavy atom. The van der Waals surface area contributed by atoms with E-state index in [1.807, 2.05) is 0 Å². The summed E-state index contributed by atoms with van der Waals surface area (Å²) in [7, 11) is 0. The number of carbonyl (C=O) groups excluding carboxylic acids is 1. The van der Waals surface area contributed by atoms with E-state index in [4.69, 9.17) is 5.11 Å². The van der Waals surface area contributed by atoms with E-state index in [2.05, 4.69) is 17.2 Å². The molecule has 0 saturated carbocycles. The topological polar surface area (TPSA) is 69.6 Å². The van der Waals surface area contributed by atoms with Gasteiger partial charge in [-0.25, -0.2) is 0 Å². The number of aromatic hydroxyl groups is 2. The molecule has 1 amide bonds.